The molecule has 0 saturated heterocycles. The number of fused-ring (bicyclic) bond motifs is 1. The number of nitrogens with zero attached hydrogens (tertiary/aromatic N) is 2. The fourth-order valence-corrected chi connectivity index (χ4v) is 4.31. The number of nitrogens with one attached hydrogen (secondary N) is 1. The number of anilines is 1. The fourth-order valence-electron chi connectivity index (χ4n) is 2.43. The second kappa shape index (κ2) is 7.71. The first kappa shape index (κ1) is 18.0. The van der Waals surface area contributed by atoms with Crippen molar-refractivity contribution in [2.75, 3.05) is 5.32 Å². The third kappa shape index (κ3) is 4.15. The van der Waals surface area contributed by atoms with Gasteiger partial charge in [0.25, 0.3) is 5.89 Å². The number of esters is 1. The Bertz CT molecular complexity index is 990. The Morgan fingerprint density at radius 1 is 1.37 bits per heavy atom. The minimum Gasteiger partial charge on any atom is -0.457 e. The first-order valence-electron chi connectivity index (χ1n) is 7.86. The van der Waals surface area contributed by atoms with Crippen molar-refractivity contribution in [2.45, 2.75) is 23.2 Å². The van der Waals surface area contributed by atoms with Gasteiger partial charge < -0.3 is 14.6 Å². The summed E-state index contributed by atoms with van der Waals surface area (Å²) in [6.45, 7) is -0.113. The monoisotopic (exact) mass is 421 g/mol. The van der Waals surface area contributed by atoms with Crippen LogP contribution in [0.15, 0.2) is 44.4 Å². The Balaban J connectivity index is 1.33. The van der Waals surface area contributed by atoms with Crippen molar-refractivity contribution in [3.63, 3.8) is 0 Å². The van der Waals surface area contributed by atoms with Crippen molar-refractivity contribution in [1.29, 1.82) is 0 Å². The number of rotatable bonds is 5. The molecule has 138 valence electrons. The maximum atomic E-state index is 12.2. The van der Waals surface area contributed by atoms with Crippen LogP contribution in [0.25, 0.3) is 11.5 Å². The lowest BCUT2D eigenvalue weighted by Crippen LogP contribution is -2.31. The van der Waals surface area contributed by atoms with Gasteiger partial charge in [-0.3, -0.25) is 9.59 Å². The second-order valence-electron chi connectivity index (χ2n) is 5.63. The summed E-state index contributed by atoms with van der Waals surface area (Å²) in [5, 5.41) is 10.3. The van der Waals surface area contributed by atoms with Crippen molar-refractivity contribution in [3.8, 4) is 11.5 Å². The molecule has 1 unspecified atom stereocenters. The molecular formula is C17H12ClN3O4S2. The lowest BCUT2D eigenvalue weighted by atomic mass is 10.2. The Labute approximate surface area is 167 Å². The lowest BCUT2D eigenvalue weighted by Gasteiger charge is -2.23. The van der Waals surface area contributed by atoms with Gasteiger partial charge >= 0.3 is 5.97 Å². The molecule has 0 spiro atoms. The molecule has 2 aromatic heterocycles. The zero-order chi connectivity index (χ0) is 18.8. The van der Waals surface area contributed by atoms with E-state index in [2.05, 4.69) is 15.5 Å². The summed E-state index contributed by atoms with van der Waals surface area (Å²) in [7, 11) is 0. The quantitative estimate of drug-likeness (QED) is 0.622. The number of ether oxygens (including phenoxy) is 1. The number of aromatic nitrogens is 2. The molecule has 10 heteroatoms. The van der Waals surface area contributed by atoms with Gasteiger partial charge in [0.05, 0.1) is 22.9 Å². The highest BCUT2D eigenvalue weighted by Gasteiger charge is 2.29. The van der Waals surface area contributed by atoms with Crippen molar-refractivity contribution >= 4 is 52.3 Å². The first-order valence-corrected chi connectivity index (χ1v) is 10.1. The summed E-state index contributed by atoms with van der Waals surface area (Å²) in [5.74, 6) is -0.127. The maximum Gasteiger partial charge on any atom is 0.307 e. The zero-order valence-corrected chi connectivity index (χ0v) is 16.1. The van der Waals surface area contributed by atoms with Gasteiger partial charge in [-0.25, -0.2) is 0 Å². The van der Waals surface area contributed by atoms with E-state index in [9.17, 15) is 9.59 Å². The molecule has 4 rings (SSSR count). The molecule has 0 radical (unpaired) electrons. The number of hydrogen-bond donors (Lipinski definition) is 1. The molecule has 3 aromatic rings. The van der Waals surface area contributed by atoms with Crippen LogP contribution in [0.4, 0.5) is 5.69 Å². The smallest absolute Gasteiger partial charge is 0.307 e. The van der Waals surface area contributed by atoms with E-state index in [1.807, 2.05) is 22.9 Å². The van der Waals surface area contributed by atoms with E-state index in [-0.39, 0.29) is 24.8 Å². The number of carbonyl (C=O) groups excluding carboxylic acids is 2. The molecule has 1 aliphatic rings. The highest BCUT2D eigenvalue weighted by Crippen LogP contribution is 2.38. The summed E-state index contributed by atoms with van der Waals surface area (Å²) >= 11 is 8.75. The molecule has 1 amide bonds. The number of carbonyl (C=O) groups is 2. The van der Waals surface area contributed by atoms with Gasteiger partial charge in [-0.1, -0.05) is 16.8 Å². The molecule has 1 aromatic carbocycles. The topological polar surface area (TPSA) is 94.3 Å². The molecule has 0 saturated carbocycles. The third-order valence-corrected chi connectivity index (χ3v) is 5.91. The van der Waals surface area contributed by atoms with Gasteiger partial charge in [0.2, 0.25) is 11.7 Å². The van der Waals surface area contributed by atoms with Crippen LogP contribution in [0.3, 0.4) is 0 Å². The molecule has 0 aliphatic carbocycles. The third-order valence-electron chi connectivity index (χ3n) is 3.71. The summed E-state index contributed by atoms with van der Waals surface area (Å²) in [4.78, 5) is 29.3. The summed E-state index contributed by atoms with van der Waals surface area (Å²) in [5.41, 5.74) is 1.47. The van der Waals surface area contributed by atoms with E-state index in [1.165, 1.54) is 23.1 Å². The average Bonchev–Trinajstić information content (AvgIpc) is 3.32. The number of halogens is 1. The largest absolute Gasteiger partial charge is 0.457 e. The summed E-state index contributed by atoms with van der Waals surface area (Å²) in [6.07, 6.45) is -0.0617. The molecule has 0 bridgehead atoms. The van der Waals surface area contributed by atoms with Crippen molar-refractivity contribution in [2.24, 2.45) is 0 Å². The minimum atomic E-state index is -0.571. The normalized spacial score (nSPS) is 15.9. The lowest BCUT2D eigenvalue weighted by molar-refractivity contribution is -0.146. The van der Waals surface area contributed by atoms with Crippen LogP contribution in [-0.2, 0) is 20.9 Å². The number of benzene rings is 1. The maximum absolute atomic E-state index is 12.2. The molecule has 1 atom stereocenters. The van der Waals surface area contributed by atoms with E-state index < -0.39 is 11.2 Å². The van der Waals surface area contributed by atoms with Gasteiger partial charge in [-0.05, 0) is 29.6 Å². The molecule has 3 heterocycles. The van der Waals surface area contributed by atoms with Crippen LogP contribution in [0.5, 0.6) is 0 Å². The number of thioether (sulfide) groups is 1. The minimum absolute atomic E-state index is 0.0617. The van der Waals surface area contributed by atoms with Crippen LogP contribution in [0, 0.1) is 0 Å². The predicted molar refractivity (Wildman–Crippen MR) is 102 cm³/mol. The van der Waals surface area contributed by atoms with E-state index in [0.717, 1.165) is 10.5 Å². The van der Waals surface area contributed by atoms with E-state index in [0.29, 0.717) is 16.6 Å². The fraction of sp³-hybridized carbons (Fsp3) is 0.176. The van der Waals surface area contributed by atoms with Crippen LogP contribution < -0.4 is 5.32 Å². The standard InChI is InChI=1S/C17H12ClN3O4S2/c18-10-1-2-12-11(5-10)19-16(23)13(27-12)6-15(22)24-7-14-20-17(25-21-14)9-3-4-26-8-9/h1-5,8,13H,6-7H2,(H,19,23). The Kier molecular flexibility index (Phi) is 5.15. The number of amides is 1. The molecule has 1 N–H and O–H groups in total. The summed E-state index contributed by atoms with van der Waals surface area (Å²) < 4.78 is 10.3. The SMILES string of the molecule is O=C(CC1Sc2ccc(Cl)cc2NC1=O)OCc1noc(-c2ccsc2)n1. The number of thiophene rings is 1. The summed E-state index contributed by atoms with van der Waals surface area (Å²) in [6, 6.07) is 7.09. The van der Waals surface area contributed by atoms with Crippen LogP contribution >= 0.6 is 34.7 Å². The van der Waals surface area contributed by atoms with Gasteiger partial charge in [-0.2, -0.15) is 16.3 Å². The first-order chi connectivity index (χ1) is 13.1. The van der Waals surface area contributed by atoms with Crippen LogP contribution in [-0.4, -0.2) is 27.3 Å². The second-order valence-corrected chi connectivity index (χ2v) is 8.09. The van der Waals surface area contributed by atoms with Gasteiger partial charge in [-0.15, -0.1) is 11.8 Å². The zero-order valence-electron chi connectivity index (χ0n) is 13.7. The van der Waals surface area contributed by atoms with E-state index >= 15 is 0 Å². The Hall–Kier alpha value is -2.36. The number of hydrogen-bond acceptors (Lipinski definition) is 8. The van der Waals surface area contributed by atoms with Crippen molar-refractivity contribution in [1.82, 2.24) is 10.1 Å². The Morgan fingerprint density at radius 3 is 3.07 bits per heavy atom. The van der Waals surface area contributed by atoms with Crippen molar-refractivity contribution < 1.29 is 18.8 Å². The molecular weight excluding hydrogens is 410 g/mol. The predicted octanol–water partition coefficient (Wildman–Crippen LogP) is 4.00. The highest BCUT2D eigenvalue weighted by atomic mass is 35.5. The molecule has 27 heavy (non-hydrogen) atoms. The molecule has 7 nitrogen and oxygen atoms in total. The van der Waals surface area contributed by atoms with Gasteiger partial charge in [0.15, 0.2) is 6.61 Å². The van der Waals surface area contributed by atoms with E-state index in [4.69, 9.17) is 20.9 Å². The van der Waals surface area contributed by atoms with Crippen molar-refractivity contribution in [3.05, 3.63) is 45.9 Å². The van der Waals surface area contributed by atoms with Crippen LogP contribution in [0.2, 0.25) is 5.02 Å². The van der Waals surface area contributed by atoms with Gasteiger partial charge in [0.1, 0.15) is 0 Å². The Morgan fingerprint density at radius 2 is 2.26 bits per heavy atom. The highest BCUT2D eigenvalue weighted by molar-refractivity contribution is 8.01. The molecule has 1 aliphatic heterocycles. The van der Waals surface area contributed by atoms with E-state index in [1.54, 1.807) is 12.1 Å². The van der Waals surface area contributed by atoms with Gasteiger partial charge in [0, 0.05) is 15.3 Å². The van der Waals surface area contributed by atoms with Crippen LogP contribution in [0.1, 0.15) is 12.2 Å². The molecule has 0 fully saturated rings. The average molecular weight is 422 g/mol.